The van der Waals surface area contributed by atoms with Crippen LogP contribution in [0.1, 0.15) is 5.56 Å². The zero-order valence-electron chi connectivity index (χ0n) is 11.8. The van der Waals surface area contributed by atoms with E-state index in [1.165, 1.54) is 0 Å². The van der Waals surface area contributed by atoms with E-state index in [0.29, 0.717) is 17.3 Å². The lowest BCUT2D eigenvalue weighted by Crippen LogP contribution is -2.33. The maximum absolute atomic E-state index is 12.0. The predicted molar refractivity (Wildman–Crippen MR) is 82.5 cm³/mol. The molecule has 0 aliphatic heterocycles. The van der Waals surface area contributed by atoms with Gasteiger partial charge in [0.15, 0.2) is 6.61 Å². The SMILES string of the molecule is CN(CCc1ccncc1)C(=O)COc1cccc(Cl)c1. The number of nitrogens with zero attached hydrogens (tertiary/aromatic N) is 2. The Hall–Kier alpha value is -2.07. The van der Waals surface area contributed by atoms with Crippen LogP contribution in [0.4, 0.5) is 0 Å². The van der Waals surface area contributed by atoms with E-state index in [4.69, 9.17) is 16.3 Å². The van der Waals surface area contributed by atoms with Gasteiger partial charge in [0.25, 0.3) is 5.91 Å². The maximum Gasteiger partial charge on any atom is 0.260 e. The quantitative estimate of drug-likeness (QED) is 0.824. The van der Waals surface area contributed by atoms with Crippen LogP contribution >= 0.6 is 11.6 Å². The smallest absolute Gasteiger partial charge is 0.260 e. The van der Waals surface area contributed by atoms with Gasteiger partial charge in [-0.05, 0) is 42.3 Å². The largest absolute Gasteiger partial charge is 0.484 e. The molecule has 0 bridgehead atoms. The van der Waals surface area contributed by atoms with Crippen LogP contribution < -0.4 is 4.74 Å². The minimum absolute atomic E-state index is 0.00713. The molecule has 1 aromatic carbocycles. The van der Waals surface area contributed by atoms with Crippen LogP contribution in [0.2, 0.25) is 5.02 Å². The Labute approximate surface area is 129 Å². The Morgan fingerprint density at radius 3 is 2.76 bits per heavy atom. The summed E-state index contributed by atoms with van der Waals surface area (Å²) in [7, 11) is 1.77. The summed E-state index contributed by atoms with van der Waals surface area (Å²) in [5.74, 6) is 0.530. The average Bonchev–Trinajstić information content (AvgIpc) is 2.51. The summed E-state index contributed by atoms with van der Waals surface area (Å²) in [5.41, 5.74) is 1.15. The second-order valence-corrected chi connectivity index (χ2v) is 5.10. The Morgan fingerprint density at radius 1 is 1.29 bits per heavy atom. The first-order chi connectivity index (χ1) is 10.1. The minimum Gasteiger partial charge on any atom is -0.484 e. The highest BCUT2D eigenvalue weighted by Crippen LogP contribution is 2.17. The highest BCUT2D eigenvalue weighted by atomic mass is 35.5. The summed E-state index contributed by atoms with van der Waals surface area (Å²) in [4.78, 5) is 17.6. The standard InChI is InChI=1S/C16H17ClN2O2/c1-19(10-7-13-5-8-18-9-6-13)16(20)12-21-15-4-2-3-14(17)11-15/h2-6,8-9,11H,7,10,12H2,1H3. The summed E-state index contributed by atoms with van der Waals surface area (Å²) in [6, 6.07) is 10.9. The van der Waals surface area contributed by atoms with E-state index in [1.807, 2.05) is 12.1 Å². The van der Waals surface area contributed by atoms with Crippen molar-refractivity contribution in [1.82, 2.24) is 9.88 Å². The van der Waals surface area contributed by atoms with Crippen molar-refractivity contribution in [2.45, 2.75) is 6.42 Å². The molecule has 21 heavy (non-hydrogen) atoms. The van der Waals surface area contributed by atoms with Crippen LogP contribution in [0.25, 0.3) is 0 Å². The molecule has 2 aromatic rings. The van der Waals surface area contributed by atoms with Crippen molar-refractivity contribution in [1.29, 1.82) is 0 Å². The molecule has 1 heterocycles. The summed E-state index contributed by atoms with van der Waals surface area (Å²) in [5, 5.41) is 0.589. The minimum atomic E-state index is -0.0657. The van der Waals surface area contributed by atoms with Crippen molar-refractivity contribution in [3.8, 4) is 5.75 Å². The molecule has 0 unspecified atom stereocenters. The second kappa shape index (κ2) is 7.64. The fourth-order valence-corrected chi connectivity index (χ4v) is 1.96. The number of halogens is 1. The van der Waals surface area contributed by atoms with Gasteiger partial charge in [0.1, 0.15) is 5.75 Å². The maximum atomic E-state index is 12.0. The third-order valence-electron chi connectivity index (χ3n) is 3.07. The van der Waals surface area contributed by atoms with Gasteiger partial charge in [0, 0.05) is 31.0 Å². The van der Waals surface area contributed by atoms with Crippen molar-refractivity contribution in [3.63, 3.8) is 0 Å². The molecule has 1 amide bonds. The van der Waals surface area contributed by atoms with Gasteiger partial charge in [-0.1, -0.05) is 17.7 Å². The molecule has 2 rings (SSSR count). The zero-order chi connectivity index (χ0) is 15.1. The predicted octanol–water partition coefficient (Wildman–Crippen LogP) is 2.81. The summed E-state index contributed by atoms with van der Waals surface area (Å²) in [6.07, 6.45) is 4.29. The summed E-state index contributed by atoms with van der Waals surface area (Å²) < 4.78 is 5.44. The van der Waals surface area contributed by atoms with E-state index in [2.05, 4.69) is 4.98 Å². The third kappa shape index (κ3) is 5.08. The van der Waals surface area contributed by atoms with Gasteiger partial charge in [-0.15, -0.1) is 0 Å². The van der Waals surface area contributed by atoms with E-state index >= 15 is 0 Å². The number of likely N-dealkylation sites (N-methyl/N-ethyl adjacent to an activating group) is 1. The number of amides is 1. The van der Waals surface area contributed by atoms with Crippen molar-refractivity contribution in [2.24, 2.45) is 0 Å². The first-order valence-corrected chi connectivity index (χ1v) is 7.04. The fraction of sp³-hybridized carbons (Fsp3) is 0.250. The number of carbonyl (C=O) groups excluding carboxylic acids is 1. The number of ether oxygens (including phenoxy) is 1. The fourth-order valence-electron chi connectivity index (χ4n) is 1.78. The van der Waals surface area contributed by atoms with Gasteiger partial charge in [0.05, 0.1) is 0 Å². The lowest BCUT2D eigenvalue weighted by atomic mass is 10.2. The van der Waals surface area contributed by atoms with Gasteiger partial charge in [0.2, 0.25) is 0 Å². The molecule has 4 nitrogen and oxygen atoms in total. The number of hydrogen-bond acceptors (Lipinski definition) is 3. The molecule has 0 fully saturated rings. The third-order valence-corrected chi connectivity index (χ3v) is 3.30. The number of benzene rings is 1. The Kier molecular flexibility index (Phi) is 5.58. The highest BCUT2D eigenvalue weighted by molar-refractivity contribution is 6.30. The van der Waals surface area contributed by atoms with Crippen molar-refractivity contribution >= 4 is 17.5 Å². The van der Waals surface area contributed by atoms with E-state index < -0.39 is 0 Å². The van der Waals surface area contributed by atoms with Gasteiger partial charge in [-0.3, -0.25) is 9.78 Å². The van der Waals surface area contributed by atoms with Crippen LogP contribution in [0.5, 0.6) is 5.75 Å². The number of pyridine rings is 1. The van der Waals surface area contributed by atoms with Gasteiger partial charge in [-0.2, -0.15) is 0 Å². The molecule has 0 spiro atoms. The number of carbonyl (C=O) groups is 1. The average molecular weight is 305 g/mol. The van der Waals surface area contributed by atoms with Gasteiger partial charge >= 0.3 is 0 Å². The zero-order valence-corrected chi connectivity index (χ0v) is 12.6. The summed E-state index contributed by atoms with van der Waals surface area (Å²) >= 11 is 5.86. The van der Waals surface area contributed by atoms with Crippen LogP contribution in [0.3, 0.4) is 0 Å². The molecule has 0 atom stereocenters. The monoisotopic (exact) mass is 304 g/mol. The van der Waals surface area contributed by atoms with E-state index in [9.17, 15) is 4.79 Å². The first-order valence-electron chi connectivity index (χ1n) is 6.66. The molecule has 1 aromatic heterocycles. The van der Waals surface area contributed by atoms with Crippen molar-refractivity contribution < 1.29 is 9.53 Å². The van der Waals surface area contributed by atoms with E-state index in [-0.39, 0.29) is 12.5 Å². The molecule has 110 valence electrons. The molecule has 0 aliphatic rings. The van der Waals surface area contributed by atoms with E-state index in [0.717, 1.165) is 12.0 Å². The van der Waals surface area contributed by atoms with E-state index in [1.54, 1.807) is 48.6 Å². The lowest BCUT2D eigenvalue weighted by molar-refractivity contribution is -0.132. The normalized spacial score (nSPS) is 10.2. The van der Waals surface area contributed by atoms with Crippen molar-refractivity contribution in [2.75, 3.05) is 20.2 Å². The topological polar surface area (TPSA) is 42.4 Å². The molecular weight excluding hydrogens is 288 g/mol. The molecule has 0 radical (unpaired) electrons. The Bertz CT molecular complexity index is 590. The number of hydrogen-bond donors (Lipinski definition) is 0. The number of rotatable bonds is 6. The van der Waals surface area contributed by atoms with Crippen LogP contribution in [0.15, 0.2) is 48.8 Å². The summed E-state index contributed by atoms with van der Waals surface area (Å²) in [6.45, 7) is 0.648. The molecule has 5 heteroatoms. The second-order valence-electron chi connectivity index (χ2n) is 4.67. The number of aromatic nitrogens is 1. The van der Waals surface area contributed by atoms with Crippen LogP contribution in [-0.2, 0) is 11.2 Å². The molecular formula is C16H17ClN2O2. The van der Waals surface area contributed by atoms with Gasteiger partial charge in [-0.25, -0.2) is 0 Å². The van der Waals surface area contributed by atoms with Crippen LogP contribution in [-0.4, -0.2) is 36.0 Å². The molecule has 0 saturated heterocycles. The highest BCUT2D eigenvalue weighted by Gasteiger charge is 2.09. The Balaban J connectivity index is 1.77. The van der Waals surface area contributed by atoms with Crippen molar-refractivity contribution in [3.05, 3.63) is 59.4 Å². The van der Waals surface area contributed by atoms with Gasteiger partial charge < -0.3 is 9.64 Å². The molecule has 0 N–H and O–H groups in total. The first kappa shape index (κ1) is 15.3. The molecule has 0 saturated carbocycles. The lowest BCUT2D eigenvalue weighted by Gasteiger charge is -2.17. The van der Waals surface area contributed by atoms with Crippen LogP contribution in [0, 0.1) is 0 Å². The Morgan fingerprint density at radius 2 is 2.05 bits per heavy atom. The molecule has 0 aliphatic carbocycles.